The third-order valence-corrected chi connectivity index (χ3v) is 3.20. The summed E-state index contributed by atoms with van der Waals surface area (Å²) >= 11 is 0. The summed E-state index contributed by atoms with van der Waals surface area (Å²) in [5.74, 6) is -0.113. The van der Waals surface area contributed by atoms with Crippen LogP contribution < -0.4 is 11.2 Å². The van der Waals surface area contributed by atoms with E-state index in [2.05, 4.69) is 5.43 Å². The fourth-order valence-corrected chi connectivity index (χ4v) is 2.01. The Morgan fingerprint density at radius 1 is 1.32 bits per heavy atom. The zero-order chi connectivity index (χ0) is 13.5. The van der Waals surface area contributed by atoms with Gasteiger partial charge >= 0.3 is 0 Å². The van der Waals surface area contributed by atoms with Gasteiger partial charge in [-0.1, -0.05) is 30.3 Å². The maximum absolute atomic E-state index is 11.9. The Bertz CT molecular complexity index is 391. The second-order valence-corrected chi connectivity index (χ2v) is 4.71. The monoisotopic (exact) mass is 263 g/mol. The number of amides is 1. The number of nitrogens with two attached hydrogens (primary N) is 1. The molecule has 1 aromatic carbocycles. The van der Waals surface area contributed by atoms with Crippen LogP contribution in [0.25, 0.3) is 0 Å². The van der Waals surface area contributed by atoms with Gasteiger partial charge in [-0.3, -0.25) is 10.2 Å². The molecule has 1 atom stereocenters. The van der Waals surface area contributed by atoms with E-state index in [4.69, 9.17) is 10.5 Å². The van der Waals surface area contributed by atoms with Gasteiger partial charge in [0, 0.05) is 13.1 Å². The highest BCUT2D eigenvalue weighted by Gasteiger charge is 2.18. The Kier molecular flexibility index (Phi) is 5.32. The number of aryl methyl sites for hydroxylation is 1. The molecular formula is C14H21N3O2. The minimum Gasteiger partial charge on any atom is -0.379 e. The molecule has 1 aromatic rings. The molecule has 1 saturated heterocycles. The van der Waals surface area contributed by atoms with E-state index in [0.29, 0.717) is 19.6 Å². The van der Waals surface area contributed by atoms with Crippen LogP contribution >= 0.6 is 0 Å². The van der Waals surface area contributed by atoms with Gasteiger partial charge in [0.15, 0.2) is 0 Å². The van der Waals surface area contributed by atoms with Gasteiger partial charge in [-0.25, -0.2) is 5.01 Å². The topological polar surface area (TPSA) is 67.6 Å². The third kappa shape index (κ3) is 4.63. The molecule has 2 rings (SSSR count). The molecule has 0 bridgehead atoms. The van der Waals surface area contributed by atoms with E-state index in [1.54, 1.807) is 0 Å². The highest BCUT2D eigenvalue weighted by atomic mass is 16.5. The van der Waals surface area contributed by atoms with Gasteiger partial charge in [0.25, 0.3) is 5.91 Å². The lowest BCUT2D eigenvalue weighted by Crippen LogP contribution is -2.53. The number of nitrogens with one attached hydrogen (secondary N) is 1. The molecule has 1 heterocycles. The largest absolute Gasteiger partial charge is 0.379 e. The third-order valence-electron chi connectivity index (χ3n) is 3.20. The number of hydrogen-bond acceptors (Lipinski definition) is 4. The van der Waals surface area contributed by atoms with Gasteiger partial charge in [0.05, 0.1) is 19.3 Å². The molecule has 1 aliphatic heterocycles. The molecule has 1 amide bonds. The highest BCUT2D eigenvalue weighted by molar-refractivity contribution is 5.80. The molecule has 0 aliphatic carbocycles. The van der Waals surface area contributed by atoms with Gasteiger partial charge in [0.2, 0.25) is 0 Å². The van der Waals surface area contributed by atoms with Crippen molar-refractivity contribution in [2.24, 2.45) is 5.73 Å². The van der Waals surface area contributed by atoms with E-state index in [-0.39, 0.29) is 5.91 Å². The molecule has 5 nitrogen and oxygen atoms in total. The number of carbonyl (C=O) groups is 1. The fourth-order valence-electron chi connectivity index (χ4n) is 2.01. The van der Waals surface area contributed by atoms with Crippen molar-refractivity contribution in [2.45, 2.75) is 18.9 Å². The summed E-state index contributed by atoms with van der Waals surface area (Å²) in [5.41, 5.74) is 9.96. The predicted octanol–water partition coefficient (Wildman–Crippen LogP) is 0.310. The second-order valence-electron chi connectivity index (χ2n) is 4.71. The van der Waals surface area contributed by atoms with Crippen LogP contribution in [0.4, 0.5) is 0 Å². The fraction of sp³-hybridized carbons (Fsp3) is 0.500. The summed E-state index contributed by atoms with van der Waals surface area (Å²) in [6.07, 6.45) is 1.47. The number of morpholine rings is 1. The van der Waals surface area contributed by atoms with Crippen LogP contribution in [-0.2, 0) is 16.0 Å². The molecule has 1 aliphatic rings. The summed E-state index contributed by atoms with van der Waals surface area (Å²) in [5, 5.41) is 1.87. The molecule has 19 heavy (non-hydrogen) atoms. The van der Waals surface area contributed by atoms with Gasteiger partial charge in [-0.2, -0.15) is 0 Å². The van der Waals surface area contributed by atoms with Gasteiger partial charge in [0.1, 0.15) is 0 Å². The Morgan fingerprint density at radius 2 is 2.00 bits per heavy atom. The minimum absolute atomic E-state index is 0.113. The first-order chi connectivity index (χ1) is 9.25. The van der Waals surface area contributed by atoms with Gasteiger partial charge in [-0.05, 0) is 18.4 Å². The van der Waals surface area contributed by atoms with Crippen LogP contribution in [0.2, 0.25) is 0 Å². The number of carbonyl (C=O) groups excluding carboxylic acids is 1. The summed E-state index contributed by atoms with van der Waals surface area (Å²) in [6.45, 7) is 2.74. The van der Waals surface area contributed by atoms with E-state index in [1.807, 2.05) is 35.3 Å². The van der Waals surface area contributed by atoms with Crippen LogP contribution in [0.15, 0.2) is 30.3 Å². The Morgan fingerprint density at radius 3 is 2.68 bits per heavy atom. The predicted molar refractivity (Wildman–Crippen MR) is 73.3 cm³/mol. The molecule has 0 spiro atoms. The summed E-state index contributed by atoms with van der Waals surface area (Å²) in [7, 11) is 0. The molecule has 104 valence electrons. The quantitative estimate of drug-likeness (QED) is 0.802. The van der Waals surface area contributed by atoms with Crippen molar-refractivity contribution >= 4 is 5.91 Å². The van der Waals surface area contributed by atoms with E-state index < -0.39 is 6.04 Å². The van der Waals surface area contributed by atoms with Crippen LogP contribution in [-0.4, -0.2) is 43.3 Å². The maximum atomic E-state index is 11.9. The summed E-state index contributed by atoms with van der Waals surface area (Å²) in [4.78, 5) is 11.9. The zero-order valence-corrected chi connectivity index (χ0v) is 11.0. The van der Waals surface area contributed by atoms with Crippen molar-refractivity contribution in [1.29, 1.82) is 0 Å². The van der Waals surface area contributed by atoms with Crippen LogP contribution in [0.3, 0.4) is 0 Å². The minimum atomic E-state index is -0.469. The average molecular weight is 263 g/mol. The van der Waals surface area contributed by atoms with E-state index >= 15 is 0 Å². The van der Waals surface area contributed by atoms with Crippen molar-refractivity contribution in [3.63, 3.8) is 0 Å². The molecular weight excluding hydrogens is 242 g/mol. The lowest BCUT2D eigenvalue weighted by molar-refractivity contribution is -0.129. The molecule has 3 N–H and O–H groups in total. The standard InChI is InChI=1S/C14H21N3O2/c15-13(7-6-12-4-2-1-3-5-12)14(18)16-17-8-10-19-11-9-17/h1-5,13H,6-11,15H2,(H,16,18)/t13-/m0/s1. The second kappa shape index (κ2) is 7.23. The van der Waals surface area contributed by atoms with Crippen molar-refractivity contribution in [2.75, 3.05) is 26.3 Å². The van der Waals surface area contributed by atoms with Crippen LogP contribution in [0, 0.1) is 0 Å². The van der Waals surface area contributed by atoms with Crippen LogP contribution in [0.1, 0.15) is 12.0 Å². The van der Waals surface area contributed by atoms with Crippen molar-refractivity contribution in [3.8, 4) is 0 Å². The Hall–Kier alpha value is -1.43. The number of rotatable bonds is 5. The molecule has 0 saturated carbocycles. The lowest BCUT2D eigenvalue weighted by atomic mass is 10.1. The van der Waals surface area contributed by atoms with E-state index in [0.717, 1.165) is 19.5 Å². The zero-order valence-electron chi connectivity index (χ0n) is 11.0. The molecule has 1 fully saturated rings. The SMILES string of the molecule is N[C@@H](CCc1ccccc1)C(=O)NN1CCOCC1. The summed E-state index contributed by atoms with van der Waals surface area (Å²) in [6, 6.07) is 9.60. The summed E-state index contributed by atoms with van der Waals surface area (Å²) < 4.78 is 5.22. The average Bonchev–Trinajstić information content (AvgIpc) is 2.47. The maximum Gasteiger partial charge on any atom is 0.251 e. The molecule has 0 aromatic heterocycles. The van der Waals surface area contributed by atoms with Gasteiger partial charge < -0.3 is 10.5 Å². The van der Waals surface area contributed by atoms with Crippen molar-refractivity contribution in [1.82, 2.24) is 10.4 Å². The normalized spacial score (nSPS) is 17.9. The first-order valence-electron chi connectivity index (χ1n) is 6.68. The van der Waals surface area contributed by atoms with Crippen LogP contribution in [0.5, 0.6) is 0 Å². The number of benzene rings is 1. The van der Waals surface area contributed by atoms with E-state index in [1.165, 1.54) is 5.56 Å². The lowest BCUT2D eigenvalue weighted by Gasteiger charge is -2.28. The molecule has 5 heteroatoms. The van der Waals surface area contributed by atoms with Gasteiger partial charge in [-0.15, -0.1) is 0 Å². The number of ether oxygens (including phenoxy) is 1. The molecule has 0 radical (unpaired) electrons. The van der Waals surface area contributed by atoms with Crippen molar-refractivity contribution in [3.05, 3.63) is 35.9 Å². The smallest absolute Gasteiger partial charge is 0.251 e. The first kappa shape index (κ1) is 14.0. The number of hydrazine groups is 1. The Balaban J connectivity index is 1.72. The molecule has 0 unspecified atom stereocenters. The van der Waals surface area contributed by atoms with E-state index in [9.17, 15) is 4.79 Å². The first-order valence-corrected chi connectivity index (χ1v) is 6.68. The highest BCUT2D eigenvalue weighted by Crippen LogP contribution is 2.04. The number of hydrogen-bond donors (Lipinski definition) is 2. The van der Waals surface area contributed by atoms with Crippen molar-refractivity contribution < 1.29 is 9.53 Å². The number of nitrogens with zero attached hydrogens (tertiary/aromatic N) is 1. The Labute approximate surface area is 113 Å².